The molecule has 2 amide bonds. The van der Waals surface area contributed by atoms with Gasteiger partial charge in [-0.15, -0.1) is 0 Å². The highest BCUT2D eigenvalue weighted by molar-refractivity contribution is 5.78. The van der Waals surface area contributed by atoms with E-state index in [1.165, 1.54) is 0 Å². The molecule has 3 saturated heterocycles. The summed E-state index contributed by atoms with van der Waals surface area (Å²) in [7, 11) is 0. The van der Waals surface area contributed by atoms with Crippen molar-refractivity contribution >= 4 is 11.8 Å². The van der Waals surface area contributed by atoms with Crippen LogP contribution in [0.3, 0.4) is 0 Å². The minimum atomic E-state index is -0.244. The van der Waals surface area contributed by atoms with E-state index in [4.69, 9.17) is 9.47 Å². The molecule has 6 nitrogen and oxygen atoms in total. The van der Waals surface area contributed by atoms with Gasteiger partial charge in [0.1, 0.15) is 12.2 Å². The molecular formula is C18H30N2O4. The first kappa shape index (κ1) is 17.7. The molecule has 0 N–H and O–H groups in total. The van der Waals surface area contributed by atoms with Gasteiger partial charge in [-0.1, -0.05) is 13.8 Å². The molecule has 0 aromatic heterocycles. The maximum atomic E-state index is 12.1. The predicted octanol–water partition coefficient (Wildman–Crippen LogP) is 1.43. The van der Waals surface area contributed by atoms with Crippen LogP contribution >= 0.6 is 0 Å². The molecule has 3 fully saturated rings. The summed E-state index contributed by atoms with van der Waals surface area (Å²) in [5.74, 6) is 0.705. The predicted molar refractivity (Wildman–Crippen MR) is 89.5 cm³/mol. The van der Waals surface area contributed by atoms with Crippen molar-refractivity contribution in [3.8, 4) is 0 Å². The second-order valence-electron chi connectivity index (χ2n) is 7.89. The summed E-state index contributed by atoms with van der Waals surface area (Å²) in [5, 5.41) is 0. The Kier molecular flexibility index (Phi) is 5.45. The van der Waals surface area contributed by atoms with Gasteiger partial charge >= 0.3 is 0 Å². The van der Waals surface area contributed by atoms with Crippen molar-refractivity contribution in [2.45, 2.75) is 57.7 Å². The van der Waals surface area contributed by atoms with Crippen LogP contribution in [0.2, 0.25) is 0 Å². The molecule has 0 unspecified atom stereocenters. The fourth-order valence-electron chi connectivity index (χ4n) is 3.90. The summed E-state index contributed by atoms with van der Waals surface area (Å²) in [6, 6.07) is 0. The van der Waals surface area contributed by atoms with Crippen molar-refractivity contribution in [2.75, 3.05) is 39.4 Å². The summed E-state index contributed by atoms with van der Waals surface area (Å²) in [4.78, 5) is 28.0. The second-order valence-corrected chi connectivity index (χ2v) is 7.89. The highest BCUT2D eigenvalue weighted by Crippen LogP contribution is 2.35. The largest absolute Gasteiger partial charge is 0.371 e. The Bertz CT molecular complexity index is 468. The molecule has 1 spiro atoms. The Hall–Kier alpha value is -1.14. The fourth-order valence-corrected chi connectivity index (χ4v) is 3.90. The first-order valence-corrected chi connectivity index (χ1v) is 9.28. The third-order valence-electron chi connectivity index (χ3n) is 5.24. The molecule has 0 radical (unpaired) electrons. The number of likely N-dealkylation sites (tertiary alicyclic amines) is 2. The van der Waals surface area contributed by atoms with Crippen molar-refractivity contribution in [1.82, 2.24) is 9.80 Å². The lowest BCUT2D eigenvalue weighted by molar-refractivity contribution is -0.202. The van der Waals surface area contributed by atoms with Gasteiger partial charge in [0.2, 0.25) is 11.8 Å². The summed E-state index contributed by atoms with van der Waals surface area (Å²) >= 11 is 0. The van der Waals surface area contributed by atoms with Crippen LogP contribution in [0, 0.1) is 5.92 Å². The molecule has 0 bridgehead atoms. The first-order valence-electron chi connectivity index (χ1n) is 9.28. The van der Waals surface area contributed by atoms with Gasteiger partial charge in [0, 0.05) is 32.5 Å². The molecule has 3 aliphatic rings. The molecule has 3 aliphatic heterocycles. The monoisotopic (exact) mass is 338 g/mol. The number of ether oxygens (including phenoxy) is 2. The van der Waals surface area contributed by atoms with Gasteiger partial charge in [0.15, 0.2) is 0 Å². The number of rotatable bonds is 5. The standard InChI is InChI=1S/C18H30N2O4/c1-14(2)9-16(21)20-12-18(13-20)10-15(5-8-24-18)23-11-17(22)19-6-3-4-7-19/h14-15H,3-13H2,1-2H3/t15-/m0/s1. The van der Waals surface area contributed by atoms with E-state index in [1.54, 1.807) is 0 Å². The molecule has 3 rings (SSSR count). The topological polar surface area (TPSA) is 59.1 Å². The lowest BCUT2D eigenvalue weighted by Gasteiger charge is -2.53. The fraction of sp³-hybridized carbons (Fsp3) is 0.889. The van der Waals surface area contributed by atoms with Crippen LogP contribution in [0.25, 0.3) is 0 Å². The van der Waals surface area contributed by atoms with Gasteiger partial charge in [-0.2, -0.15) is 0 Å². The van der Waals surface area contributed by atoms with E-state index < -0.39 is 0 Å². The van der Waals surface area contributed by atoms with Crippen LogP contribution in [-0.2, 0) is 19.1 Å². The van der Waals surface area contributed by atoms with E-state index in [9.17, 15) is 9.59 Å². The molecule has 0 saturated carbocycles. The molecule has 0 aliphatic carbocycles. The van der Waals surface area contributed by atoms with E-state index in [2.05, 4.69) is 13.8 Å². The van der Waals surface area contributed by atoms with Gasteiger partial charge in [0.25, 0.3) is 0 Å². The molecular weight excluding hydrogens is 308 g/mol. The molecule has 24 heavy (non-hydrogen) atoms. The Morgan fingerprint density at radius 3 is 2.54 bits per heavy atom. The highest BCUT2D eigenvalue weighted by Gasteiger charge is 2.49. The summed E-state index contributed by atoms with van der Waals surface area (Å²) in [6.45, 7) is 8.01. The number of carbonyl (C=O) groups excluding carboxylic acids is 2. The third-order valence-corrected chi connectivity index (χ3v) is 5.24. The Morgan fingerprint density at radius 1 is 1.17 bits per heavy atom. The molecule has 0 aromatic carbocycles. The molecule has 3 heterocycles. The van der Waals surface area contributed by atoms with Crippen molar-refractivity contribution in [3.63, 3.8) is 0 Å². The Morgan fingerprint density at radius 2 is 1.88 bits per heavy atom. The van der Waals surface area contributed by atoms with Crippen LogP contribution in [0.5, 0.6) is 0 Å². The Labute approximate surface area is 144 Å². The average Bonchev–Trinajstić information content (AvgIpc) is 3.04. The maximum Gasteiger partial charge on any atom is 0.248 e. The second kappa shape index (κ2) is 7.40. The first-order chi connectivity index (χ1) is 11.5. The zero-order valence-corrected chi connectivity index (χ0v) is 15.0. The number of nitrogens with zero attached hydrogens (tertiary/aromatic N) is 2. The van der Waals surface area contributed by atoms with Gasteiger partial charge in [-0.25, -0.2) is 0 Å². The molecule has 136 valence electrons. The van der Waals surface area contributed by atoms with Crippen LogP contribution in [0.1, 0.15) is 46.0 Å². The molecule has 0 aromatic rings. The van der Waals surface area contributed by atoms with Crippen molar-refractivity contribution in [3.05, 3.63) is 0 Å². The van der Waals surface area contributed by atoms with Gasteiger partial charge in [-0.3, -0.25) is 9.59 Å². The Balaban J connectivity index is 1.42. The highest BCUT2D eigenvalue weighted by atomic mass is 16.5. The van der Waals surface area contributed by atoms with Gasteiger partial charge in [0.05, 0.1) is 19.2 Å². The summed E-state index contributed by atoms with van der Waals surface area (Å²) in [5.41, 5.74) is -0.244. The summed E-state index contributed by atoms with van der Waals surface area (Å²) in [6.07, 6.45) is 4.48. The summed E-state index contributed by atoms with van der Waals surface area (Å²) < 4.78 is 11.8. The number of amides is 2. The van der Waals surface area contributed by atoms with E-state index in [-0.39, 0.29) is 30.1 Å². The normalized spacial score (nSPS) is 26.0. The SMILES string of the molecule is CC(C)CC(=O)N1CC2(C[C@@H](OCC(=O)N3CCCC3)CCO2)C1. The van der Waals surface area contributed by atoms with Crippen molar-refractivity contribution < 1.29 is 19.1 Å². The van der Waals surface area contributed by atoms with Crippen LogP contribution < -0.4 is 0 Å². The van der Waals surface area contributed by atoms with Gasteiger partial charge < -0.3 is 19.3 Å². The zero-order valence-electron chi connectivity index (χ0n) is 15.0. The number of hydrogen-bond acceptors (Lipinski definition) is 4. The van der Waals surface area contributed by atoms with E-state index in [0.717, 1.165) is 38.8 Å². The maximum absolute atomic E-state index is 12.1. The van der Waals surface area contributed by atoms with Crippen LogP contribution in [0.4, 0.5) is 0 Å². The van der Waals surface area contributed by atoms with E-state index >= 15 is 0 Å². The number of carbonyl (C=O) groups is 2. The smallest absolute Gasteiger partial charge is 0.248 e. The average molecular weight is 338 g/mol. The van der Waals surface area contributed by atoms with Crippen LogP contribution in [-0.4, -0.2) is 72.7 Å². The van der Waals surface area contributed by atoms with E-state index in [1.807, 2.05) is 9.80 Å². The zero-order chi connectivity index (χ0) is 17.2. The van der Waals surface area contributed by atoms with Crippen molar-refractivity contribution in [2.24, 2.45) is 5.92 Å². The quantitative estimate of drug-likeness (QED) is 0.761. The minimum absolute atomic E-state index is 0.0626. The third kappa shape index (κ3) is 4.09. The molecule has 1 atom stereocenters. The lowest BCUT2D eigenvalue weighted by Crippen LogP contribution is -2.67. The van der Waals surface area contributed by atoms with E-state index in [0.29, 0.717) is 32.0 Å². The van der Waals surface area contributed by atoms with Gasteiger partial charge in [-0.05, 0) is 25.2 Å². The molecule has 6 heteroatoms. The minimum Gasteiger partial charge on any atom is -0.371 e. The van der Waals surface area contributed by atoms with Crippen molar-refractivity contribution in [1.29, 1.82) is 0 Å². The lowest BCUT2D eigenvalue weighted by atomic mass is 9.84. The number of hydrogen-bond donors (Lipinski definition) is 0. The van der Waals surface area contributed by atoms with Crippen LogP contribution in [0.15, 0.2) is 0 Å².